The van der Waals surface area contributed by atoms with Gasteiger partial charge < -0.3 is 15.0 Å². The number of cyclic esters (lactones) is 1. The van der Waals surface area contributed by atoms with Crippen molar-refractivity contribution in [2.75, 3.05) is 26.2 Å². The van der Waals surface area contributed by atoms with Crippen LogP contribution < -0.4 is 5.32 Å². The van der Waals surface area contributed by atoms with E-state index in [0.29, 0.717) is 13.2 Å². The smallest absolute Gasteiger partial charge is 0.410 e. The number of piperidine rings is 1. The first-order valence-electron chi connectivity index (χ1n) is 9.98. The van der Waals surface area contributed by atoms with Crippen LogP contribution in [0.5, 0.6) is 0 Å². The molecule has 4 rings (SSSR count). The maximum Gasteiger partial charge on any atom is 0.410 e. The van der Waals surface area contributed by atoms with Gasteiger partial charge in [0.15, 0.2) is 0 Å². The predicted molar refractivity (Wildman–Crippen MR) is 98.5 cm³/mol. The summed E-state index contributed by atoms with van der Waals surface area (Å²) in [7, 11) is 0. The Bertz CT molecular complexity index is 743. The molecule has 0 bridgehead atoms. The molecule has 2 heterocycles. The summed E-state index contributed by atoms with van der Waals surface area (Å²) in [6.07, 6.45) is 4.23. The van der Waals surface area contributed by atoms with E-state index < -0.39 is 5.41 Å². The van der Waals surface area contributed by atoms with Gasteiger partial charge in [0.2, 0.25) is 0 Å². The second kappa shape index (κ2) is 7.47. The van der Waals surface area contributed by atoms with Crippen LogP contribution in [-0.2, 0) is 10.2 Å². The summed E-state index contributed by atoms with van der Waals surface area (Å²) in [4.78, 5) is 14.0. The molecule has 3 atom stereocenters. The summed E-state index contributed by atoms with van der Waals surface area (Å²) in [5, 5.41) is 13.9. The van der Waals surface area contributed by atoms with Gasteiger partial charge in [-0.2, -0.15) is 5.26 Å². The van der Waals surface area contributed by atoms with Crippen molar-refractivity contribution in [1.82, 2.24) is 10.2 Å². The maximum atomic E-state index is 14.1. The van der Waals surface area contributed by atoms with E-state index in [1.807, 2.05) is 11.0 Å². The number of amides is 1. The number of nitriles is 1. The number of hydrogen-bond acceptors (Lipinski definition) is 4. The number of halogens is 1. The van der Waals surface area contributed by atoms with Gasteiger partial charge >= 0.3 is 6.09 Å². The van der Waals surface area contributed by atoms with Gasteiger partial charge in [0.1, 0.15) is 12.4 Å². The van der Waals surface area contributed by atoms with E-state index in [0.717, 1.165) is 50.8 Å². The molecule has 1 aliphatic carbocycles. The molecule has 1 N–H and O–H groups in total. The first-order chi connectivity index (χ1) is 13.2. The monoisotopic (exact) mass is 371 g/mol. The Morgan fingerprint density at radius 1 is 1.26 bits per heavy atom. The van der Waals surface area contributed by atoms with Crippen LogP contribution in [0.1, 0.15) is 37.7 Å². The van der Waals surface area contributed by atoms with E-state index in [1.165, 1.54) is 12.1 Å². The molecule has 1 saturated carbocycles. The number of ether oxygens (including phenoxy) is 1. The topological polar surface area (TPSA) is 65.4 Å². The highest BCUT2D eigenvalue weighted by Gasteiger charge is 2.54. The zero-order chi connectivity index (χ0) is 18.9. The molecule has 3 aliphatic rings. The lowest BCUT2D eigenvalue weighted by atomic mass is 9.59. The summed E-state index contributed by atoms with van der Waals surface area (Å²) >= 11 is 0. The average molecular weight is 371 g/mol. The zero-order valence-electron chi connectivity index (χ0n) is 15.5. The van der Waals surface area contributed by atoms with Gasteiger partial charge in [-0.3, -0.25) is 0 Å². The van der Waals surface area contributed by atoms with Gasteiger partial charge in [-0.1, -0.05) is 18.6 Å². The quantitative estimate of drug-likeness (QED) is 0.883. The summed E-state index contributed by atoms with van der Waals surface area (Å²) in [6, 6.07) is 9.20. The van der Waals surface area contributed by atoms with Crippen molar-refractivity contribution in [1.29, 1.82) is 5.26 Å². The van der Waals surface area contributed by atoms with E-state index >= 15 is 0 Å². The van der Waals surface area contributed by atoms with Gasteiger partial charge in [-0.05, 0) is 62.4 Å². The first-order valence-corrected chi connectivity index (χ1v) is 9.98. The third-order valence-electron chi connectivity index (χ3n) is 6.73. The Balaban J connectivity index is 1.79. The molecule has 0 aromatic heterocycles. The summed E-state index contributed by atoms with van der Waals surface area (Å²) < 4.78 is 19.3. The molecule has 27 heavy (non-hydrogen) atoms. The van der Waals surface area contributed by atoms with Crippen LogP contribution in [0.3, 0.4) is 0 Å². The Labute approximate surface area is 159 Å². The van der Waals surface area contributed by atoms with Crippen molar-refractivity contribution in [3.8, 4) is 6.07 Å². The van der Waals surface area contributed by atoms with Crippen LogP contribution in [0.2, 0.25) is 0 Å². The number of benzene rings is 1. The standard InChI is InChI=1S/C21H26FN3O2/c22-17-4-1-3-16(13-17)21(14-23,15-7-9-24-10-8-15)18-5-2-6-19(18)25-11-12-27-20(25)26/h1,3-4,13,15,18-19,24H,2,5-12H2/t18-,19-,21-/m0/s1. The Kier molecular flexibility index (Phi) is 5.05. The molecule has 0 unspecified atom stereocenters. The molecule has 2 saturated heterocycles. The molecule has 1 aromatic carbocycles. The molecule has 3 fully saturated rings. The SMILES string of the molecule is N#C[C@@](c1cccc(F)c1)(C1CCNCC1)[C@H]1CCC[C@@H]1N1CCOC1=O. The third-order valence-corrected chi connectivity index (χ3v) is 6.73. The number of rotatable bonds is 4. The summed E-state index contributed by atoms with van der Waals surface area (Å²) in [5.74, 6) is -0.163. The van der Waals surface area contributed by atoms with Crippen LogP contribution in [-0.4, -0.2) is 43.3 Å². The highest BCUT2D eigenvalue weighted by atomic mass is 19.1. The van der Waals surface area contributed by atoms with Crippen molar-refractivity contribution < 1.29 is 13.9 Å². The summed E-state index contributed by atoms with van der Waals surface area (Å²) in [5.41, 5.74) is -0.0183. The third kappa shape index (κ3) is 3.08. The lowest BCUT2D eigenvalue weighted by molar-refractivity contribution is 0.106. The number of hydrogen-bond donors (Lipinski definition) is 1. The maximum absolute atomic E-state index is 14.1. The molecule has 1 aromatic rings. The Morgan fingerprint density at radius 3 is 2.74 bits per heavy atom. The van der Waals surface area contributed by atoms with E-state index in [9.17, 15) is 14.4 Å². The fraction of sp³-hybridized carbons (Fsp3) is 0.619. The molecular weight excluding hydrogens is 345 g/mol. The van der Waals surface area contributed by atoms with Crippen molar-refractivity contribution in [2.24, 2.45) is 11.8 Å². The van der Waals surface area contributed by atoms with E-state index in [4.69, 9.17) is 4.74 Å². The van der Waals surface area contributed by atoms with Gasteiger partial charge in [0.25, 0.3) is 0 Å². The van der Waals surface area contributed by atoms with Crippen LogP contribution in [0, 0.1) is 29.0 Å². The fourth-order valence-corrected chi connectivity index (χ4v) is 5.57. The predicted octanol–water partition coefficient (Wildman–Crippen LogP) is 3.21. The molecule has 6 heteroatoms. The minimum atomic E-state index is -0.783. The normalized spacial score (nSPS) is 28.6. The Hall–Kier alpha value is -2.13. The van der Waals surface area contributed by atoms with Gasteiger partial charge in [0, 0.05) is 12.0 Å². The molecule has 0 radical (unpaired) electrons. The second-order valence-electron chi connectivity index (χ2n) is 7.93. The van der Waals surface area contributed by atoms with Gasteiger partial charge in [0.05, 0.1) is 18.0 Å². The molecule has 2 aliphatic heterocycles. The van der Waals surface area contributed by atoms with E-state index in [2.05, 4.69) is 11.4 Å². The fourth-order valence-electron chi connectivity index (χ4n) is 5.57. The van der Waals surface area contributed by atoms with Crippen molar-refractivity contribution in [3.05, 3.63) is 35.6 Å². The number of carbonyl (C=O) groups is 1. The lowest BCUT2D eigenvalue weighted by Crippen LogP contribution is -2.52. The largest absolute Gasteiger partial charge is 0.448 e. The van der Waals surface area contributed by atoms with Crippen molar-refractivity contribution in [2.45, 2.75) is 43.6 Å². The van der Waals surface area contributed by atoms with Crippen LogP contribution >= 0.6 is 0 Å². The highest BCUT2D eigenvalue weighted by Crippen LogP contribution is 2.51. The van der Waals surface area contributed by atoms with Gasteiger partial charge in [-0.25, -0.2) is 9.18 Å². The molecule has 144 valence electrons. The molecular formula is C21H26FN3O2. The number of nitrogens with one attached hydrogen (secondary N) is 1. The minimum Gasteiger partial charge on any atom is -0.448 e. The lowest BCUT2D eigenvalue weighted by Gasteiger charge is -2.45. The average Bonchev–Trinajstić information content (AvgIpc) is 3.33. The molecule has 5 nitrogen and oxygen atoms in total. The molecule has 0 spiro atoms. The number of nitrogens with zero attached hydrogens (tertiary/aromatic N) is 2. The Morgan fingerprint density at radius 2 is 2.07 bits per heavy atom. The van der Waals surface area contributed by atoms with Crippen LogP contribution in [0.4, 0.5) is 9.18 Å². The number of carbonyl (C=O) groups excluding carboxylic acids is 1. The molecule has 1 amide bonds. The van der Waals surface area contributed by atoms with Crippen LogP contribution in [0.25, 0.3) is 0 Å². The first kappa shape index (κ1) is 18.2. The van der Waals surface area contributed by atoms with E-state index in [-0.39, 0.29) is 29.8 Å². The zero-order valence-corrected chi connectivity index (χ0v) is 15.5. The second-order valence-corrected chi connectivity index (χ2v) is 7.93. The highest BCUT2D eigenvalue weighted by molar-refractivity contribution is 5.70. The van der Waals surface area contributed by atoms with E-state index in [1.54, 1.807) is 6.07 Å². The van der Waals surface area contributed by atoms with Gasteiger partial charge in [-0.15, -0.1) is 0 Å². The van der Waals surface area contributed by atoms with Crippen molar-refractivity contribution in [3.63, 3.8) is 0 Å². The minimum absolute atomic E-state index is 0.00181. The summed E-state index contributed by atoms with van der Waals surface area (Å²) in [6.45, 7) is 2.73. The van der Waals surface area contributed by atoms with Crippen molar-refractivity contribution >= 4 is 6.09 Å². The van der Waals surface area contributed by atoms with Crippen LogP contribution in [0.15, 0.2) is 24.3 Å².